The van der Waals surface area contributed by atoms with Crippen LogP contribution in [0.15, 0.2) is 36.4 Å². The Hall–Kier alpha value is -3.72. The molecule has 1 atom stereocenters. The summed E-state index contributed by atoms with van der Waals surface area (Å²) in [5.41, 5.74) is 1.46. The van der Waals surface area contributed by atoms with Crippen LogP contribution in [0.2, 0.25) is 0 Å². The smallest absolute Gasteiger partial charge is 0.264 e. The molecule has 1 aliphatic heterocycles. The Bertz CT molecular complexity index is 1180. The van der Waals surface area contributed by atoms with Crippen molar-refractivity contribution >= 4 is 34.8 Å². The van der Waals surface area contributed by atoms with Gasteiger partial charge in [-0.15, -0.1) is 0 Å². The molecule has 0 bridgehead atoms. The van der Waals surface area contributed by atoms with E-state index in [1.165, 1.54) is 7.11 Å². The van der Waals surface area contributed by atoms with Crippen molar-refractivity contribution in [2.45, 2.75) is 31.7 Å². The van der Waals surface area contributed by atoms with E-state index in [1.807, 2.05) is 14.1 Å². The number of rotatable bonds is 9. The first-order chi connectivity index (χ1) is 16.8. The summed E-state index contributed by atoms with van der Waals surface area (Å²) in [5, 5.41) is 3.20. The molecule has 0 spiro atoms. The molecule has 1 fully saturated rings. The largest absolute Gasteiger partial charge is 0.494 e. The van der Waals surface area contributed by atoms with Gasteiger partial charge in [-0.05, 0) is 51.2 Å². The Morgan fingerprint density at radius 1 is 1.06 bits per heavy atom. The van der Waals surface area contributed by atoms with Crippen LogP contribution in [-0.4, -0.2) is 73.6 Å². The summed E-state index contributed by atoms with van der Waals surface area (Å²) in [5.74, 6) is -0.444. The number of Topliss-reactive ketones (excluding diaryl/α,β-unsaturated/α-hetero) is 2. The highest BCUT2D eigenvalue weighted by Crippen LogP contribution is 2.37. The fourth-order valence-electron chi connectivity index (χ4n) is 4.40. The van der Waals surface area contributed by atoms with E-state index in [4.69, 9.17) is 9.47 Å². The molecule has 1 saturated carbocycles. The first-order valence-corrected chi connectivity index (χ1v) is 11.6. The van der Waals surface area contributed by atoms with Crippen molar-refractivity contribution in [3.05, 3.63) is 47.5 Å². The van der Waals surface area contributed by atoms with Gasteiger partial charge in [0.25, 0.3) is 11.8 Å². The second kappa shape index (κ2) is 10.3. The summed E-state index contributed by atoms with van der Waals surface area (Å²) >= 11 is 0. The predicted molar refractivity (Wildman–Crippen MR) is 130 cm³/mol. The lowest BCUT2D eigenvalue weighted by molar-refractivity contribution is -0.132. The number of carbonyl (C=O) groups is 4. The maximum atomic E-state index is 13.3. The van der Waals surface area contributed by atoms with E-state index in [1.54, 1.807) is 36.4 Å². The molecule has 0 saturated heterocycles. The monoisotopic (exact) mass is 479 g/mol. The van der Waals surface area contributed by atoms with E-state index in [2.05, 4.69) is 10.2 Å². The number of nitrogens with one attached hydrogen (secondary N) is 1. The molecule has 1 heterocycles. The summed E-state index contributed by atoms with van der Waals surface area (Å²) in [6, 6.07) is 9.39. The number of nitrogens with zero attached hydrogens (tertiary/aromatic N) is 2. The Morgan fingerprint density at radius 3 is 2.57 bits per heavy atom. The third-order valence-corrected chi connectivity index (χ3v) is 6.16. The fraction of sp³-hybridized carbons (Fsp3) is 0.385. The first-order valence-electron chi connectivity index (χ1n) is 11.6. The van der Waals surface area contributed by atoms with Gasteiger partial charge in [0.1, 0.15) is 17.3 Å². The zero-order valence-electron chi connectivity index (χ0n) is 20.1. The SMILES string of the molecule is COc1cc(OCCCN(C)C)ccc1Nc1cccc2c1C(=O)N(C1CCC(=O)CC1=O)C2=O. The van der Waals surface area contributed by atoms with Crippen molar-refractivity contribution in [3.63, 3.8) is 0 Å². The van der Waals surface area contributed by atoms with Gasteiger partial charge < -0.3 is 19.7 Å². The van der Waals surface area contributed by atoms with Gasteiger partial charge >= 0.3 is 0 Å². The third kappa shape index (κ3) is 5.05. The molecule has 1 aliphatic carbocycles. The van der Waals surface area contributed by atoms with Gasteiger partial charge in [0.05, 0.1) is 48.7 Å². The zero-order chi connectivity index (χ0) is 25.1. The number of benzene rings is 2. The number of carbonyl (C=O) groups excluding carboxylic acids is 4. The molecule has 0 radical (unpaired) electrons. The maximum absolute atomic E-state index is 13.3. The molecule has 9 heteroatoms. The molecular formula is C26H29N3O6. The highest BCUT2D eigenvalue weighted by Gasteiger charge is 2.45. The Kier molecular flexibility index (Phi) is 7.16. The Labute approximate surface area is 204 Å². The van der Waals surface area contributed by atoms with Gasteiger partial charge in [0.2, 0.25) is 0 Å². The molecule has 2 amide bonds. The van der Waals surface area contributed by atoms with Crippen molar-refractivity contribution in [3.8, 4) is 11.5 Å². The topological polar surface area (TPSA) is 105 Å². The van der Waals surface area contributed by atoms with Crippen LogP contribution in [-0.2, 0) is 9.59 Å². The zero-order valence-corrected chi connectivity index (χ0v) is 20.1. The van der Waals surface area contributed by atoms with Crippen LogP contribution >= 0.6 is 0 Å². The highest BCUT2D eigenvalue weighted by molar-refractivity contribution is 6.26. The molecular weight excluding hydrogens is 450 g/mol. The standard InChI is InChI=1S/C26H29N3O6/c1-28(2)12-5-13-35-17-9-10-19(23(15-17)34-3)27-20-7-4-6-18-24(20)26(33)29(25(18)32)21-11-8-16(30)14-22(21)31/h4,6-7,9-10,15,21,27H,5,8,11-14H2,1-3H3. The minimum Gasteiger partial charge on any atom is -0.494 e. The normalized spacial score (nSPS) is 17.7. The van der Waals surface area contributed by atoms with E-state index in [0.717, 1.165) is 17.9 Å². The fourth-order valence-corrected chi connectivity index (χ4v) is 4.40. The number of hydrogen-bond acceptors (Lipinski definition) is 8. The lowest BCUT2D eigenvalue weighted by Gasteiger charge is -2.27. The number of fused-ring (bicyclic) bond motifs is 1. The number of ether oxygens (including phenoxy) is 2. The lowest BCUT2D eigenvalue weighted by Crippen LogP contribution is -2.47. The molecule has 2 aliphatic rings. The highest BCUT2D eigenvalue weighted by atomic mass is 16.5. The van der Waals surface area contributed by atoms with E-state index in [-0.39, 0.29) is 36.2 Å². The van der Waals surface area contributed by atoms with Gasteiger partial charge in [-0.1, -0.05) is 6.07 Å². The van der Waals surface area contributed by atoms with Crippen LogP contribution < -0.4 is 14.8 Å². The van der Waals surface area contributed by atoms with Crippen LogP contribution in [0.1, 0.15) is 46.4 Å². The van der Waals surface area contributed by atoms with Gasteiger partial charge in [-0.25, -0.2) is 0 Å². The molecule has 2 aromatic rings. The van der Waals surface area contributed by atoms with Crippen molar-refractivity contribution in [2.24, 2.45) is 0 Å². The second-order valence-electron chi connectivity index (χ2n) is 8.94. The minimum absolute atomic E-state index is 0.162. The third-order valence-electron chi connectivity index (χ3n) is 6.16. The van der Waals surface area contributed by atoms with Crippen LogP contribution in [0.25, 0.3) is 0 Å². The van der Waals surface area contributed by atoms with Crippen molar-refractivity contribution in [1.82, 2.24) is 9.80 Å². The maximum Gasteiger partial charge on any atom is 0.264 e. The second-order valence-corrected chi connectivity index (χ2v) is 8.94. The summed E-state index contributed by atoms with van der Waals surface area (Å²) < 4.78 is 11.3. The quantitative estimate of drug-likeness (QED) is 0.332. The Balaban J connectivity index is 1.55. The molecule has 35 heavy (non-hydrogen) atoms. The van der Waals surface area contributed by atoms with Crippen molar-refractivity contribution in [1.29, 1.82) is 0 Å². The van der Waals surface area contributed by atoms with Crippen LogP contribution in [0.4, 0.5) is 11.4 Å². The van der Waals surface area contributed by atoms with E-state index in [9.17, 15) is 19.2 Å². The van der Waals surface area contributed by atoms with Gasteiger partial charge in [-0.2, -0.15) is 0 Å². The summed E-state index contributed by atoms with van der Waals surface area (Å²) in [6.45, 7) is 1.49. The summed E-state index contributed by atoms with van der Waals surface area (Å²) in [4.78, 5) is 53.5. The van der Waals surface area contributed by atoms with Crippen LogP contribution in [0.5, 0.6) is 11.5 Å². The summed E-state index contributed by atoms with van der Waals surface area (Å²) in [6.07, 6.45) is 0.977. The number of amides is 2. The predicted octanol–water partition coefficient (Wildman–Crippen LogP) is 3.06. The molecule has 4 rings (SSSR count). The average Bonchev–Trinajstić information content (AvgIpc) is 3.08. The van der Waals surface area contributed by atoms with E-state index < -0.39 is 23.6 Å². The van der Waals surface area contributed by atoms with Crippen molar-refractivity contribution < 1.29 is 28.7 Å². The van der Waals surface area contributed by atoms with Gasteiger partial charge in [0, 0.05) is 19.0 Å². The van der Waals surface area contributed by atoms with E-state index in [0.29, 0.717) is 29.5 Å². The first kappa shape index (κ1) is 24.4. The number of anilines is 2. The number of methoxy groups -OCH3 is 1. The minimum atomic E-state index is -0.911. The molecule has 2 aromatic carbocycles. The number of ketones is 2. The molecule has 1 N–H and O–H groups in total. The van der Waals surface area contributed by atoms with E-state index >= 15 is 0 Å². The number of imide groups is 1. The summed E-state index contributed by atoms with van der Waals surface area (Å²) in [7, 11) is 5.56. The molecule has 1 unspecified atom stereocenters. The number of hydrogen-bond donors (Lipinski definition) is 1. The van der Waals surface area contributed by atoms with Crippen LogP contribution in [0, 0.1) is 0 Å². The average molecular weight is 480 g/mol. The lowest BCUT2D eigenvalue weighted by atomic mass is 9.92. The molecule has 0 aromatic heterocycles. The molecule has 9 nitrogen and oxygen atoms in total. The molecule has 184 valence electrons. The van der Waals surface area contributed by atoms with Gasteiger partial charge in [0.15, 0.2) is 5.78 Å². The van der Waals surface area contributed by atoms with Crippen molar-refractivity contribution in [2.75, 3.05) is 39.7 Å². The van der Waals surface area contributed by atoms with Gasteiger partial charge in [-0.3, -0.25) is 24.1 Å². The van der Waals surface area contributed by atoms with Crippen LogP contribution in [0.3, 0.4) is 0 Å². The Morgan fingerprint density at radius 2 is 1.86 bits per heavy atom.